The first-order chi connectivity index (χ1) is 12.4. The molecule has 1 aromatic heterocycles. The van der Waals surface area contributed by atoms with Crippen LogP contribution in [-0.4, -0.2) is 26.5 Å². The monoisotopic (exact) mass is 375 g/mol. The number of carbonyl (C=O) groups is 1. The van der Waals surface area contributed by atoms with Crippen molar-refractivity contribution in [1.29, 1.82) is 0 Å². The first-order valence-electron chi connectivity index (χ1n) is 7.59. The van der Waals surface area contributed by atoms with Crippen LogP contribution in [0.1, 0.15) is 5.56 Å². The Labute approximate surface area is 152 Å². The Hall–Kier alpha value is -2.94. The Morgan fingerprint density at radius 1 is 1.19 bits per heavy atom. The van der Waals surface area contributed by atoms with Gasteiger partial charge in [-0.05, 0) is 19.1 Å². The third-order valence-electron chi connectivity index (χ3n) is 3.51. The quantitative estimate of drug-likeness (QED) is 0.529. The number of hydrogen-bond donors (Lipinski definition) is 2. The molecule has 0 saturated carbocycles. The predicted molar refractivity (Wildman–Crippen MR) is 96.1 cm³/mol. The van der Waals surface area contributed by atoms with Crippen LogP contribution >= 0.6 is 11.8 Å². The Bertz CT molecular complexity index is 943. The van der Waals surface area contributed by atoms with Crippen LogP contribution in [0.5, 0.6) is 0 Å². The van der Waals surface area contributed by atoms with E-state index < -0.39 is 17.5 Å². The van der Waals surface area contributed by atoms with Gasteiger partial charge in [0.25, 0.3) is 0 Å². The van der Waals surface area contributed by atoms with Crippen molar-refractivity contribution in [3.63, 3.8) is 0 Å². The largest absolute Gasteiger partial charge is 0.335 e. The van der Waals surface area contributed by atoms with Crippen molar-refractivity contribution >= 4 is 23.4 Å². The molecule has 0 aliphatic heterocycles. The van der Waals surface area contributed by atoms with Crippen molar-refractivity contribution in [2.75, 3.05) is 16.9 Å². The molecule has 0 radical (unpaired) electrons. The molecule has 9 heteroatoms. The second-order valence-corrected chi connectivity index (χ2v) is 6.45. The Kier molecular flexibility index (Phi) is 5.17. The number of benzene rings is 2. The normalized spacial score (nSPS) is 10.7. The highest BCUT2D eigenvalue weighted by molar-refractivity contribution is 7.99. The zero-order valence-corrected chi connectivity index (χ0v) is 14.6. The first-order valence-corrected chi connectivity index (χ1v) is 8.58. The number of nitrogens with one attached hydrogen (secondary N) is 1. The number of carbonyl (C=O) groups excluding carboxylic acids is 1. The number of nitrogen functional groups attached to an aromatic ring is 1. The summed E-state index contributed by atoms with van der Waals surface area (Å²) in [5.41, 5.74) is 1.82. The SMILES string of the molecule is Cc1ccc(-c2nnc(SCC(=O)Nc3ccc(F)cc3F)n2N)cc1. The second-order valence-electron chi connectivity index (χ2n) is 5.50. The average Bonchev–Trinajstić information content (AvgIpc) is 2.97. The third kappa shape index (κ3) is 3.99. The van der Waals surface area contributed by atoms with E-state index in [4.69, 9.17) is 5.84 Å². The standard InChI is InChI=1S/C17H15F2N5OS/c1-10-2-4-11(5-3-10)16-22-23-17(24(16)20)26-9-15(25)21-14-7-6-12(18)8-13(14)19/h2-8H,9,20H2,1H3,(H,21,25). The van der Waals surface area contributed by atoms with E-state index in [0.29, 0.717) is 17.0 Å². The molecule has 0 atom stereocenters. The van der Waals surface area contributed by atoms with Crippen LogP contribution in [0.15, 0.2) is 47.6 Å². The van der Waals surface area contributed by atoms with Crippen molar-refractivity contribution in [1.82, 2.24) is 14.9 Å². The van der Waals surface area contributed by atoms with Crippen LogP contribution in [0.2, 0.25) is 0 Å². The van der Waals surface area contributed by atoms with Crippen molar-refractivity contribution in [2.24, 2.45) is 0 Å². The topological polar surface area (TPSA) is 85.8 Å². The highest BCUT2D eigenvalue weighted by Crippen LogP contribution is 2.22. The molecule has 1 heterocycles. The third-order valence-corrected chi connectivity index (χ3v) is 4.45. The second kappa shape index (κ2) is 7.52. The summed E-state index contributed by atoms with van der Waals surface area (Å²) < 4.78 is 27.7. The number of nitrogens with two attached hydrogens (primary N) is 1. The summed E-state index contributed by atoms with van der Waals surface area (Å²) >= 11 is 1.06. The number of amides is 1. The molecule has 0 spiro atoms. The maximum atomic E-state index is 13.5. The van der Waals surface area contributed by atoms with Gasteiger partial charge in [-0.3, -0.25) is 4.79 Å². The van der Waals surface area contributed by atoms with Gasteiger partial charge >= 0.3 is 0 Å². The fourth-order valence-electron chi connectivity index (χ4n) is 2.18. The highest BCUT2D eigenvalue weighted by Gasteiger charge is 2.14. The first kappa shape index (κ1) is 17.9. The Balaban J connectivity index is 1.64. The summed E-state index contributed by atoms with van der Waals surface area (Å²) in [5.74, 6) is 4.38. The van der Waals surface area contributed by atoms with Crippen molar-refractivity contribution in [2.45, 2.75) is 12.1 Å². The van der Waals surface area contributed by atoms with Gasteiger partial charge in [0.05, 0.1) is 11.4 Å². The molecule has 134 valence electrons. The molecule has 0 unspecified atom stereocenters. The summed E-state index contributed by atoms with van der Waals surface area (Å²) in [5, 5.41) is 10.7. The van der Waals surface area contributed by atoms with E-state index in [1.165, 1.54) is 4.68 Å². The number of aryl methyl sites for hydroxylation is 1. The minimum absolute atomic E-state index is 0.0555. The Morgan fingerprint density at radius 3 is 2.62 bits per heavy atom. The molecule has 1 amide bonds. The zero-order valence-electron chi connectivity index (χ0n) is 13.7. The van der Waals surface area contributed by atoms with E-state index in [-0.39, 0.29) is 11.4 Å². The summed E-state index contributed by atoms with van der Waals surface area (Å²) in [6.45, 7) is 1.97. The number of nitrogens with zero attached hydrogens (tertiary/aromatic N) is 3. The van der Waals surface area contributed by atoms with E-state index >= 15 is 0 Å². The number of aromatic nitrogens is 3. The van der Waals surface area contributed by atoms with Gasteiger partial charge in [-0.2, -0.15) is 0 Å². The molecule has 6 nitrogen and oxygen atoms in total. The fourth-order valence-corrected chi connectivity index (χ4v) is 2.84. The van der Waals surface area contributed by atoms with Crippen LogP contribution in [0.3, 0.4) is 0 Å². The van der Waals surface area contributed by atoms with Gasteiger partial charge in [-0.25, -0.2) is 13.5 Å². The van der Waals surface area contributed by atoms with E-state index in [9.17, 15) is 13.6 Å². The van der Waals surface area contributed by atoms with Crippen molar-refractivity contribution in [3.05, 3.63) is 59.7 Å². The van der Waals surface area contributed by atoms with Crippen molar-refractivity contribution in [3.8, 4) is 11.4 Å². The van der Waals surface area contributed by atoms with Crippen LogP contribution in [0.25, 0.3) is 11.4 Å². The number of hydrogen-bond acceptors (Lipinski definition) is 5. The molecule has 0 aliphatic carbocycles. The maximum absolute atomic E-state index is 13.5. The number of thioether (sulfide) groups is 1. The van der Waals surface area contributed by atoms with Gasteiger partial charge in [0.2, 0.25) is 11.1 Å². The molecule has 26 heavy (non-hydrogen) atoms. The van der Waals surface area contributed by atoms with Gasteiger partial charge in [0, 0.05) is 11.6 Å². The molecule has 0 saturated heterocycles. The lowest BCUT2D eigenvalue weighted by Gasteiger charge is -2.06. The minimum Gasteiger partial charge on any atom is -0.335 e. The Morgan fingerprint density at radius 2 is 1.92 bits per heavy atom. The number of anilines is 1. The van der Waals surface area contributed by atoms with Crippen LogP contribution in [0, 0.1) is 18.6 Å². The van der Waals surface area contributed by atoms with Gasteiger partial charge in [-0.1, -0.05) is 41.6 Å². The lowest BCUT2D eigenvalue weighted by molar-refractivity contribution is -0.113. The lowest BCUT2D eigenvalue weighted by Crippen LogP contribution is -2.17. The van der Waals surface area contributed by atoms with Crippen LogP contribution in [0.4, 0.5) is 14.5 Å². The van der Waals surface area contributed by atoms with E-state index in [1.807, 2.05) is 31.2 Å². The summed E-state index contributed by atoms with van der Waals surface area (Å²) in [6, 6.07) is 10.5. The van der Waals surface area contributed by atoms with Gasteiger partial charge in [0.15, 0.2) is 5.82 Å². The molecule has 3 rings (SSSR count). The number of halogens is 2. The van der Waals surface area contributed by atoms with Crippen molar-refractivity contribution < 1.29 is 13.6 Å². The van der Waals surface area contributed by atoms with E-state index in [1.54, 1.807) is 0 Å². The molecule has 0 aliphatic rings. The van der Waals surface area contributed by atoms with Crippen LogP contribution < -0.4 is 11.2 Å². The van der Waals surface area contributed by atoms with Crippen LogP contribution in [-0.2, 0) is 4.79 Å². The summed E-state index contributed by atoms with van der Waals surface area (Å²) in [7, 11) is 0. The highest BCUT2D eigenvalue weighted by atomic mass is 32.2. The molecule has 2 aromatic carbocycles. The van der Waals surface area contributed by atoms with E-state index in [2.05, 4.69) is 15.5 Å². The summed E-state index contributed by atoms with van der Waals surface area (Å²) in [4.78, 5) is 12.0. The maximum Gasteiger partial charge on any atom is 0.234 e. The molecule has 3 aromatic rings. The molecule has 0 fully saturated rings. The molecule has 0 bridgehead atoms. The fraction of sp³-hybridized carbons (Fsp3) is 0.118. The zero-order chi connectivity index (χ0) is 18.7. The molecule has 3 N–H and O–H groups in total. The van der Waals surface area contributed by atoms with Gasteiger partial charge in [-0.15, -0.1) is 10.2 Å². The van der Waals surface area contributed by atoms with E-state index in [0.717, 1.165) is 35.0 Å². The number of rotatable bonds is 5. The molecular formula is C17H15F2N5OS. The molecular weight excluding hydrogens is 360 g/mol. The smallest absolute Gasteiger partial charge is 0.234 e. The average molecular weight is 375 g/mol. The lowest BCUT2D eigenvalue weighted by atomic mass is 10.1. The predicted octanol–water partition coefficient (Wildman–Crippen LogP) is 2.98. The minimum atomic E-state index is -0.841. The van der Waals surface area contributed by atoms with Gasteiger partial charge < -0.3 is 11.2 Å². The van der Waals surface area contributed by atoms with Gasteiger partial charge in [0.1, 0.15) is 11.6 Å². The summed E-state index contributed by atoms with van der Waals surface area (Å²) in [6.07, 6.45) is 0.